The van der Waals surface area contributed by atoms with Gasteiger partial charge in [-0.1, -0.05) is 40.5 Å². The molecule has 0 amide bonds. The van der Waals surface area contributed by atoms with Gasteiger partial charge in [0.2, 0.25) is 0 Å². The normalized spacial score (nSPS) is 51.1. The molecule has 4 nitrogen and oxygen atoms in total. The third-order valence-corrected chi connectivity index (χ3v) is 9.97. The van der Waals surface area contributed by atoms with E-state index in [0.717, 1.165) is 0 Å². The summed E-state index contributed by atoms with van der Waals surface area (Å²) in [7, 11) is 3.06. The van der Waals surface area contributed by atoms with E-state index in [1.165, 1.54) is 25.4 Å². The number of ether oxygens (including phenoxy) is 2. The molecule has 0 radical (unpaired) electrons. The molecule has 3 rings (SSSR count). The minimum absolute atomic E-state index is 0.212. The van der Waals surface area contributed by atoms with Gasteiger partial charge in [-0.25, -0.2) is 0 Å². The van der Waals surface area contributed by atoms with Crippen molar-refractivity contribution < 1.29 is 19.1 Å². The number of methoxy groups -OCH3 is 2. The molecular weight excluding hydrogens is 287 g/mol. The molecule has 2 aliphatic carbocycles. The Labute approximate surface area is 127 Å². The maximum Gasteiger partial charge on any atom is 0.318 e. The van der Waals surface area contributed by atoms with E-state index in [4.69, 9.17) is 9.47 Å². The number of esters is 2. The molecule has 1 saturated heterocycles. The van der Waals surface area contributed by atoms with E-state index in [1.807, 2.05) is 0 Å². The molecule has 0 N–H and O–H groups in total. The van der Waals surface area contributed by atoms with Crippen LogP contribution in [0.2, 0.25) is 0 Å². The van der Waals surface area contributed by atoms with Gasteiger partial charge in [-0.2, -0.15) is 0 Å². The van der Waals surface area contributed by atoms with Crippen molar-refractivity contribution in [1.82, 2.24) is 0 Å². The van der Waals surface area contributed by atoms with Crippen LogP contribution in [0.15, 0.2) is 11.1 Å². The van der Waals surface area contributed by atoms with Crippen LogP contribution in [0.3, 0.4) is 0 Å². The first-order valence-electron chi connectivity index (χ1n) is 7.29. The van der Waals surface area contributed by atoms with Gasteiger partial charge in [-0.05, 0) is 19.8 Å². The van der Waals surface area contributed by atoms with Crippen LogP contribution in [0.1, 0.15) is 34.6 Å². The van der Waals surface area contributed by atoms with Crippen LogP contribution < -0.4 is 0 Å². The summed E-state index contributed by atoms with van der Waals surface area (Å²) in [5.74, 6) is -0.295. The van der Waals surface area contributed by atoms with Gasteiger partial charge in [0.25, 0.3) is 0 Å². The largest absolute Gasteiger partial charge is 0.468 e. The first kappa shape index (κ1) is 15.0. The minimum Gasteiger partial charge on any atom is -0.468 e. The molecule has 2 unspecified atom stereocenters. The maximum atomic E-state index is 12.7. The van der Waals surface area contributed by atoms with Gasteiger partial charge in [0.1, 0.15) is 10.3 Å². The van der Waals surface area contributed by atoms with Crippen molar-refractivity contribution in [3.8, 4) is 0 Å². The number of carbonyl (C=O) groups is 2. The summed E-state index contributed by atoms with van der Waals surface area (Å²) in [6.07, 6.45) is 0. The first-order valence-corrected chi connectivity index (χ1v) is 8.29. The minimum atomic E-state index is -0.737. The topological polar surface area (TPSA) is 52.6 Å². The third kappa shape index (κ3) is 1.02. The van der Waals surface area contributed by atoms with Gasteiger partial charge in [-0.15, -0.1) is 0 Å². The molecule has 3 aliphatic rings. The van der Waals surface area contributed by atoms with E-state index >= 15 is 0 Å². The van der Waals surface area contributed by atoms with Crippen molar-refractivity contribution in [1.29, 1.82) is 0 Å². The van der Waals surface area contributed by atoms with Gasteiger partial charge >= 0.3 is 11.9 Å². The number of hydrogen-bond donors (Lipinski definition) is 0. The standard InChI is InChI=1S/C16H23O4P/c1-8-9(2)14(5)10(3)13(8,4)15(11(17)19-6)16(14,21-15)12(18)20-7/h10,21H,1-7H3/t10?,13-,14+,15-,16+. The number of fused-ring (bicyclic) bond motifs is 5. The second kappa shape index (κ2) is 3.71. The Morgan fingerprint density at radius 3 is 1.57 bits per heavy atom. The molecule has 0 spiro atoms. The number of allylic oxidation sites excluding steroid dienone is 2. The zero-order chi connectivity index (χ0) is 16.0. The fraction of sp³-hybridized carbons (Fsp3) is 0.750. The second-order valence-electron chi connectivity index (χ2n) is 6.98. The smallest absolute Gasteiger partial charge is 0.318 e. The molecule has 0 aromatic carbocycles. The summed E-state index contributed by atoms with van der Waals surface area (Å²) < 4.78 is 10.3. The van der Waals surface area contributed by atoms with Crippen molar-refractivity contribution >= 4 is 20.5 Å². The number of rotatable bonds is 2. The Kier molecular flexibility index (Phi) is 2.65. The Morgan fingerprint density at radius 1 is 0.952 bits per heavy atom. The Hall–Kier alpha value is -0.890. The summed E-state index contributed by atoms with van der Waals surface area (Å²) in [4.78, 5) is 25.4. The molecule has 0 aromatic heterocycles. The van der Waals surface area contributed by atoms with Crippen LogP contribution in [0, 0.1) is 16.7 Å². The van der Waals surface area contributed by atoms with E-state index in [0.29, 0.717) is 0 Å². The van der Waals surface area contributed by atoms with Gasteiger partial charge < -0.3 is 9.47 Å². The van der Waals surface area contributed by atoms with Crippen LogP contribution in [0.5, 0.6) is 0 Å². The molecule has 116 valence electrons. The predicted octanol–water partition coefficient (Wildman–Crippen LogP) is 2.51. The molecular formula is C16H23O4P. The van der Waals surface area contributed by atoms with Crippen molar-refractivity contribution in [2.45, 2.75) is 44.9 Å². The third-order valence-electron chi connectivity index (χ3n) is 7.27. The van der Waals surface area contributed by atoms with Crippen LogP contribution in [0.4, 0.5) is 0 Å². The summed E-state index contributed by atoms with van der Waals surface area (Å²) in [6, 6.07) is 0. The van der Waals surface area contributed by atoms with Gasteiger partial charge in [0.05, 0.1) is 14.2 Å². The van der Waals surface area contributed by atoms with Crippen LogP contribution in [-0.2, 0) is 19.1 Å². The van der Waals surface area contributed by atoms with E-state index < -0.39 is 10.3 Å². The highest BCUT2D eigenvalue weighted by Gasteiger charge is 2.97. The Balaban J connectivity index is 2.35. The fourth-order valence-corrected chi connectivity index (χ4v) is 8.60. The SMILES string of the molecule is COC(=O)[C@@]12P[C@]1(C(=O)OC)[C@]1(C)C(C)=C(C)[C@@]2(C)C1C. The van der Waals surface area contributed by atoms with Crippen molar-refractivity contribution in [3.05, 3.63) is 11.1 Å². The lowest BCUT2D eigenvalue weighted by molar-refractivity contribution is -0.152. The molecule has 0 aromatic rings. The van der Waals surface area contributed by atoms with Crippen LogP contribution in [0.25, 0.3) is 0 Å². The lowest BCUT2D eigenvalue weighted by Crippen LogP contribution is -2.52. The molecule has 2 fully saturated rings. The van der Waals surface area contributed by atoms with E-state index in [9.17, 15) is 9.59 Å². The van der Waals surface area contributed by atoms with Crippen LogP contribution in [-0.4, -0.2) is 36.5 Å². The highest BCUT2D eigenvalue weighted by molar-refractivity contribution is 7.56. The molecule has 6 atom stereocenters. The zero-order valence-electron chi connectivity index (χ0n) is 13.7. The molecule has 5 heteroatoms. The van der Waals surface area contributed by atoms with E-state index in [2.05, 4.69) is 34.6 Å². The fourth-order valence-electron chi connectivity index (χ4n) is 5.65. The second-order valence-corrected chi connectivity index (χ2v) is 8.73. The molecule has 1 heterocycles. The zero-order valence-corrected chi connectivity index (χ0v) is 14.7. The Morgan fingerprint density at radius 2 is 1.29 bits per heavy atom. The average molecular weight is 310 g/mol. The van der Waals surface area contributed by atoms with Gasteiger partial charge in [0.15, 0.2) is 0 Å². The lowest BCUT2D eigenvalue weighted by atomic mass is 9.65. The molecule has 1 aliphatic heterocycles. The van der Waals surface area contributed by atoms with Crippen molar-refractivity contribution in [2.24, 2.45) is 16.7 Å². The molecule has 2 bridgehead atoms. The Bertz CT molecular complexity index is 561. The van der Waals surface area contributed by atoms with Gasteiger partial charge in [-0.3, -0.25) is 9.59 Å². The van der Waals surface area contributed by atoms with Crippen molar-refractivity contribution in [3.63, 3.8) is 0 Å². The summed E-state index contributed by atoms with van der Waals surface area (Å²) in [5.41, 5.74) is 1.83. The molecule has 21 heavy (non-hydrogen) atoms. The summed E-state index contributed by atoms with van der Waals surface area (Å²) in [5, 5.41) is -1.47. The molecule has 1 saturated carbocycles. The highest BCUT2D eigenvalue weighted by Crippen LogP contribution is 2.95. The predicted molar refractivity (Wildman–Crippen MR) is 81.6 cm³/mol. The average Bonchev–Trinajstić information content (AvgIpc) is 3.16. The number of carbonyl (C=O) groups excluding carboxylic acids is 2. The van der Waals surface area contributed by atoms with Gasteiger partial charge in [0, 0.05) is 10.8 Å². The summed E-state index contributed by atoms with van der Waals surface area (Å²) >= 11 is 0. The monoisotopic (exact) mass is 310 g/mol. The summed E-state index contributed by atoms with van der Waals surface area (Å²) in [6.45, 7) is 10.6. The van der Waals surface area contributed by atoms with Crippen molar-refractivity contribution in [2.75, 3.05) is 14.2 Å². The van der Waals surface area contributed by atoms with E-state index in [1.54, 1.807) is 0 Å². The lowest BCUT2D eigenvalue weighted by Gasteiger charge is -2.37. The van der Waals surface area contributed by atoms with Crippen LogP contribution >= 0.6 is 8.58 Å². The first-order chi connectivity index (χ1) is 9.64. The quantitative estimate of drug-likeness (QED) is 0.447. The highest BCUT2D eigenvalue weighted by atomic mass is 31.1. The number of hydrogen-bond acceptors (Lipinski definition) is 4. The van der Waals surface area contributed by atoms with E-state index in [-0.39, 0.29) is 37.3 Å². The maximum absolute atomic E-state index is 12.7.